The molecule has 0 saturated heterocycles. The van der Waals surface area contributed by atoms with Crippen LogP contribution in [0.5, 0.6) is 0 Å². The molecule has 0 aliphatic rings. The lowest BCUT2D eigenvalue weighted by atomic mass is 10.1. The van der Waals surface area contributed by atoms with E-state index in [2.05, 4.69) is 29.2 Å². The normalized spacial score (nSPS) is 13.2. The summed E-state index contributed by atoms with van der Waals surface area (Å²) in [5, 5.41) is 17.2. The Morgan fingerprint density at radius 3 is 2.83 bits per heavy atom. The second-order valence-corrected chi connectivity index (χ2v) is 5.04. The van der Waals surface area contributed by atoms with Crippen molar-refractivity contribution < 1.29 is 5.11 Å². The highest BCUT2D eigenvalue weighted by atomic mass is 16.3. The summed E-state index contributed by atoms with van der Waals surface area (Å²) < 4.78 is 1.79. The number of hydrogen-bond acceptors (Lipinski definition) is 4. The van der Waals surface area contributed by atoms with Crippen LogP contribution in [0.15, 0.2) is 18.2 Å². The molecule has 0 radical (unpaired) electrons. The summed E-state index contributed by atoms with van der Waals surface area (Å²) in [5.41, 5.74) is 1.85. The van der Waals surface area contributed by atoms with Crippen molar-refractivity contribution in [3.8, 4) is 0 Å². The zero-order valence-corrected chi connectivity index (χ0v) is 11.1. The molecule has 5 heteroatoms. The zero-order valence-electron chi connectivity index (χ0n) is 11.1. The molecule has 0 aliphatic carbocycles. The van der Waals surface area contributed by atoms with E-state index in [0.29, 0.717) is 18.4 Å². The van der Waals surface area contributed by atoms with Gasteiger partial charge in [0.25, 0.3) is 0 Å². The number of aryl methyl sites for hydroxylation is 1. The number of hydrogen-bond donors (Lipinski definition) is 2. The van der Waals surface area contributed by atoms with Gasteiger partial charge in [-0.15, -0.1) is 5.10 Å². The van der Waals surface area contributed by atoms with Crippen LogP contribution in [0.2, 0.25) is 0 Å². The third-order valence-electron chi connectivity index (χ3n) is 2.79. The summed E-state index contributed by atoms with van der Waals surface area (Å²) in [6.45, 7) is 6.65. The largest absolute Gasteiger partial charge is 0.391 e. The number of nitrogens with zero attached hydrogens (tertiary/aromatic N) is 3. The lowest BCUT2D eigenvalue weighted by molar-refractivity contribution is 0.161. The van der Waals surface area contributed by atoms with Crippen LogP contribution in [0.3, 0.4) is 0 Å². The molecule has 0 fully saturated rings. The number of nitrogens with one attached hydrogen (secondary N) is 1. The Kier molecular flexibility index (Phi) is 3.81. The van der Waals surface area contributed by atoms with Crippen molar-refractivity contribution in [3.05, 3.63) is 23.9 Å². The van der Waals surface area contributed by atoms with Gasteiger partial charge >= 0.3 is 0 Å². The molecule has 0 aromatic carbocycles. The zero-order chi connectivity index (χ0) is 13.1. The maximum Gasteiger partial charge on any atom is 0.243 e. The summed E-state index contributed by atoms with van der Waals surface area (Å²) in [7, 11) is 0. The predicted molar refractivity (Wildman–Crippen MR) is 71.7 cm³/mol. The smallest absolute Gasteiger partial charge is 0.243 e. The number of rotatable bonds is 5. The first-order valence-corrected chi connectivity index (χ1v) is 6.30. The fraction of sp³-hybridized carbons (Fsp3) is 0.538. The molecule has 0 amide bonds. The van der Waals surface area contributed by atoms with Gasteiger partial charge in [-0.2, -0.15) is 4.98 Å². The topological polar surface area (TPSA) is 62.5 Å². The molecule has 2 N–H and O–H groups in total. The molecule has 0 aliphatic heterocycles. The molecule has 18 heavy (non-hydrogen) atoms. The molecule has 1 atom stereocenters. The van der Waals surface area contributed by atoms with Gasteiger partial charge in [-0.05, 0) is 31.4 Å². The number of anilines is 1. The standard InChI is InChI=1S/C13H20N4O/c1-9(2)7-11(18)8-14-13-15-12-6-4-5-10(3)17(12)16-13/h4-6,9,11,18H,7-8H2,1-3H3,(H,14,16). The van der Waals surface area contributed by atoms with Gasteiger partial charge in [0, 0.05) is 12.2 Å². The molecule has 2 aromatic rings. The van der Waals surface area contributed by atoms with E-state index in [1.54, 1.807) is 4.52 Å². The minimum atomic E-state index is -0.363. The van der Waals surface area contributed by atoms with Crippen LogP contribution >= 0.6 is 0 Å². The monoisotopic (exact) mass is 248 g/mol. The van der Waals surface area contributed by atoms with Crippen LogP contribution in [0.4, 0.5) is 5.95 Å². The Hall–Kier alpha value is -1.62. The van der Waals surface area contributed by atoms with Gasteiger partial charge in [0.2, 0.25) is 5.95 Å². The van der Waals surface area contributed by atoms with E-state index in [1.165, 1.54) is 0 Å². The molecular formula is C13H20N4O. The minimum absolute atomic E-state index is 0.363. The molecular weight excluding hydrogens is 228 g/mol. The SMILES string of the molecule is Cc1cccc2nc(NCC(O)CC(C)C)nn12. The highest BCUT2D eigenvalue weighted by molar-refractivity contribution is 5.44. The Morgan fingerprint density at radius 2 is 2.17 bits per heavy atom. The van der Waals surface area contributed by atoms with E-state index in [4.69, 9.17) is 0 Å². The van der Waals surface area contributed by atoms with Gasteiger partial charge in [0.05, 0.1) is 6.10 Å². The predicted octanol–water partition coefficient (Wildman–Crippen LogP) is 1.86. The molecule has 0 spiro atoms. The average molecular weight is 248 g/mol. The fourth-order valence-electron chi connectivity index (χ4n) is 1.95. The fourth-order valence-corrected chi connectivity index (χ4v) is 1.95. The van der Waals surface area contributed by atoms with Crippen molar-refractivity contribution in [2.45, 2.75) is 33.3 Å². The van der Waals surface area contributed by atoms with E-state index in [0.717, 1.165) is 17.8 Å². The van der Waals surface area contributed by atoms with Crippen LogP contribution in [0.1, 0.15) is 26.0 Å². The first-order chi connectivity index (χ1) is 8.56. The van der Waals surface area contributed by atoms with Gasteiger partial charge in [-0.3, -0.25) is 0 Å². The quantitative estimate of drug-likeness (QED) is 0.847. The molecule has 2 aromatic heterocycles. The Labute approximate surface area is 107 Å². The second-order valence-electron chi connectivity index (χ2n) is 5.04. The van der Waals surface area contributed by atoms with E-state index < -0.39 is 0 Å². The molecule has 5 nitrogen and oxygen atoms in total. The van der Waals surface area contributed by atoms with E-state index in [9.17, 15) is 5.11 Å². The summed E-state index contributed by atoms with van der Waals surface area (Å²) in [4.78, 5) is 4.35. The maximum absolute atomic E-state index is 9.79. The van der Waals surface area contributed by atoms with Crippen LogP contribution in [0.25, 0.3) is 5.65 Å². The van der Waals surface area contributed by atoms with Gasteiger partial charge in [-0.1, -0.05) is 19.9 Å². The van der Waals surface area contributed by atoms with Gasteiger partial charge in [0.1, 0.15) is 0 Å². The van der Waals surface area contributed by atoms with Crippen LogP contribution in [-0.4, -0.2) is 32.4 Å². The van der Waals surface area contributed by atoms with Crippen molar-refractivity contribution in [2.75, 3.05) is 11.9 Å². The van der Waals surface area contributed by atoms with Crippen molar-refractivity contribution in [2.24, 2.45) is 5.92 Å². The summed E-state index contributed by atoms with van der Waals surface area (Å²) in [5.74, 6) is 1.05. The third-order valence-corrected chi connectivity index (χ3v) is 2.79. The third kappa shape index (κ3) is 2.98. The molecule has 2 heterocycles. The minimum Gasteiger partial charge on any atom is -0.391 e. The van der Waals surface area contributed by atoms with Crippen LogP contribution in [-0.2, 0) is 0 Å². The van der Waals surface area contributed by atoms with Crippen LogP contribution < -0.4 is 5.32 Å². The van der Waals surface area contributed by atoms with E-state index in [1.807, 2.05) is 25.1 Å². The number of aliphatic hydroxyl groups is 1. The highest BCUT2D eigenvalue weighted by Gasteiger charge is 2.09. The van der Waals surface area contributed by atoms with Gasteiger partial charge in [-0.25, -0.2) is 4.52 Å². The van der Waals surface area contributed by atoms with Crippen molar-refractivity contribution in [1.82, 2.24) is 14.6 Å². The first kappa shape index (κ1) is 12.8. The van der Waals surface area contributed by atoms with Crippen molar-refractivity contribution in [3.63, 3.8) is 0 Å². The first-order valence-electron chi connectivity index (χ1n) is 6.30. The number of fused-ring (bicyclic) bond motifs is 1. The molecule has 0 bridgehead atoms. The van der Waals surface area contributed by atoms with Crippen molar-refractivity contribution >= 4 is 11.6 Å². The number of aromatic nitrogens is 3. The Bertz CT molecular complexity index is 521. The molecule has 2 rings (SSSR count). The number of pyridine rings is 1. The number of aliphatic hydroxyl groups excluding tert-OH is 1. The highest BCUT2D eigenvalue weighted by Crippen LogP contribution is 2.09. The second kappa shape index (κ2) is 5.35. The lowest BCUT2D eigenvalue weighted by Crippen LogP contribution is -2.21. The summed E-state index contributed by atoms with van der Waals surface area (Å²) >= 11 is 0. The molecule has 0 saturated carbocycles. The van der Waals surface area contributed by atoms with E-state index >= 15 is 0 Å². The average Bonchev–Trinajstić information content (AvgIpc) is 2.70. The van der Waals surface area contributed by atoms with Gasteiger partial charge in [0.15, 0.2) is 5.65 Å². The van der Waals surface area contributed by atoms with Gasteiger partial charge < -0.3 is 10.4 Å². The Morgan fingerprint density at radius 1 is 1.39 bits per heavy atom. The summed E-state index contributed by atoms with van der Waals surface area (Å²) in [6.07, 6.45) is 0.414. The Balaban J connectivity index is 2.02. The van der Waals surface area contributed by atoms with E-state index in [-0.39, 0.29) is 6.10 Å². The lowest BCUT2D eigenvalue weighted by Gasteiger charge is -2.12. The van der Waals surface area contributed by atoms with Crippen LogP contribution in [0, 0.1) is 12.8 Å². The van der Waals surface area contributed by atoms with Crippen molar-refractivity contribution in [1.29, 1.82) is 0 Å². The maximum atomic E-state index is 9.79. The molecule has 1 unspecified atom stereocenters. The summed E-state index contributed by atoms with van der Waals surface area (Å²) in [6, 6.07) is 5.85. The molecule has 98 valence electrons.